The van der Waals surface area contributed by atoms with Crippen LogP contribution in [0.1, 0.15) is 38.5 Å². The summed E-state index contributed by atoms with van der Waals surface area (Å²) in [5.74, 6) is 1.06. The van der Waals surface area contributed by atoms with Crippen LogP contribution < -0.4 is 25.4 Å². The Morgan fingerprint density at radius 1 is 0.806 bits per heavy atom. The van der Waals surface area contributed by atoms with Crippen LogP contribution in [0, 0.1) is 0 Å². The van der Waals surface area contributed by atoms with Gasteiger partial charge < -0.3 is 25.4 Å². The molecule has 2 amide bonds. The van der Waals surface area contributed by atoms with E-state index < -0.39 is 5.54 Å². The van der Waals surface area contributed by atoms with E-state index in [-0.39, 0.29) is 18.4 Å². The van der Waals surface area contributed by atoms with Crippen LogP contribution in [0.15, 0.2) is 48.5 Å². The predicted molar refractivity (Wildman–Crippen MR) is 122 cm³/mol. The lowest BCUT2D eigenvalue weighted by Gasteiger charge is -2.33. The van der Waals surface area contributed by atoms with E-state index in [9.17, 15) is 9.59 Å². The van der Waals surface area contributed by atoms with Crippen molar-refractivity contribution >= 4 is 23.2 Å². The summed E-state index contributed by atoms with van der Waals surface area (Å²) in [5.41, 5.74) is 0.784. The molecule has 1 fully saturated rings. The number of nitrogens with one attached hydrogen (secondary N) is 3. The highest BCUT2D eigenvalue weighted by atomic mass is 16.5. The van der Waals surface area contributed by atoms with Crippen molar-refractivity contribution in [2.24, 2.45) is 0 Å². The maximum absolute atomic E-state index is 13.2. The molecular formula is C24H31N3O4. The quantitative estimate of drug-likeness (QED) is 0.557. The molecule has 31 heavy (non-hydrogen) atoms. The Bertz CT molecular complexity index is 857. The molecule has 0 saturated heterocycles. The fourth-order valence-corrected chi connectivity index (χ4v) is 3.90. The summed E-state index contributed by atoms with van der Waals surface area (Å²) in [5, 5.41) is 9.10. The van der Waals surface area contributed by atoms with Crippen LogP contribution in [-0.4, -0.2) is 38.1 Å². The van der Waals surface area contributed by atoms with Crippen LogP contribution in [0.25, 0.3) is 0 Å². The third kappa shape index (κ3) is 6.13. The van der Waals surface area contributed by atoms with Crippen molar-refractivity contribution in [3.05, 3.63) is 48.5 Å². The molecule has 0 atom stereocenters. The summed E-state index contributed by atoms with van der Waals surface area (Å²) in [6.07, 6.45) is 5.60. The van der Waals surface area contributed by atoms with Gasteiger partial charge in [0.25, 0.3) is 0 Å². The third-order valence-corrected chi connectivity index (χ3v) is 5.65. The first-order valence-corrected chi connectivity index (χ1v) is 10.7. The lowest BCUT2D eigenvalue weighted by Crippen LogP contribution is -2.53. The van der Waals surface area contributed by atoms with Gasteiger partial charge in [0.2, 0.25) is 11.8 Å². The number of carbonyl (C=O) groups is 2. The average Bonchev–Trinajstić information content (AvgIpc) is 3.05. The summed E-state index contributed by atoms with van der Waals surface area (Å²) in [7, 11) is 3.21. The Hall–Kier alpha value is -3.22. The number of rotatable bonds is 8. The molecule has 3 N–H and O–H groups in total. The van der Waals surface area contributed by atoms with Gasteiger partial charge in [-0.05, 0) is 61.4 Å². The van der Waals surface area contributed by atoms with E-state index in [0.29, 0.717) is 11.4 Å². The molecule has 7 heteroatoms. The zero-order chi connectivity index (χ0) is 22.1. The summed E-state index contributed by atoms with van der Waals surface area (Å²) in [6.45, 7) is -0.0864. The maximum atomic E-state index is 13.2. The van der Waals surface area contributed by atoms with E-state index in [2.05, 4.69) is 16.0 Å². The highest BCUT2D eigenvalue weighted by Gasteiger charge is 2.38. The highest BCUT2D eigenvalue weighted by molar-refractivity contribution is 5.97. The zero-order valence-corrected chi connectivity index (χ0v) is 18.2. The molecule has 3 rings (SSSR count). The Kier molecular flexibility index (Phi) is 7.76. The van der Waals surface area contributed by atoms with Crippen molar-refractivity contribution in [3.63, 3.8) is 0 Å². The van der Waals surface area contributed by atoms with Crippen molar-refractivity contribution < 1.29 is 19.1 Å². The summed E-state index contributed by atoms with van der Waals surface area (Å²) >= 11 is 0. The summed E-state index contributed by atoms with van der Waals surface area (Å²) in [6, 6.07) is 14.6. The van der Waals surface area contributed by atoms with Gasteiger partial charge in [0.15, 0.2) is 0 Å². The maximum Gasteiger partial charge on any atom is 0.246 e. The Balaban J connectivity index is 1.63. The fraction of sp³-hybridized carbons (Fsp3) is 0.417. The van der Waals surface area contributed by atoms with Gasteiger partial charge in [-0.3, -0.25) is 9.59 Å². The molecule has 0 aliphatic heterocycles. The molecule has 1 aliphatic rings. The second-order valence-corrected chi connectivity index (χ2v) is 7.81. The lowest BCUT2D eigenvalue weighted by atomic mass is 9.88. The predicted octanol–water partition coefficient (Wildman–Crippen LogP) is 3.96. The van der Waals surface area contributed by atoms with E-state index in [1.807, 2.05) is 24.3 Å². The first kappa shape index (κ1) is 22.5. The summed E-state index contributed by atoms with van der Waals surface area (Å²) < 4.78 is 10.3. The van der Waals surface area contributed by atoms with Crippen LogP contribution in [-0.2, 0) is 9.59 Å². The lowest BCUT2D eigenvalue weighted by molar-refractivity contribution is -0.128. The van der Waals surface area contributed by atoms with Gasteiger partial charge in [-0.15, -0.1) is 0 Å². The van der Waals surface area contributed by atoms with Gasteiger partial charge in [0.05, 0.1) is 20.8 Å². The number of benzene rings is 2. The Labute approximate surface area is 183 Å². The van der Waals surface area contributed by atoms with Crippen LogP contribution in [0.3, 0.4) is 0 Å². The van der Waals surface area contributed by atoms with Gasteiger partial charge in [-0.25, -0.2) is 0 Å². The van der Waals surface area contributed by atoms with E-state index in [4.69, 9.17) is 9.47 Å². The van der Waals surface area contributed by atoms with E-state index in [1.54, 1.807) is 38.5 Å². The summed E-state index contributed by atoms with van der Waals surface area (Å²) in [4.78, 5) is 25.6. The largest absolute Gasteiger partial charge is 0.497 e. The smallest absolute Gasteiger partial charge is 0.246 e. The van der Waals surface area contributed by atoms with Crippen molar-refractivity contribution in [1.29, 1.82) is 0 Å². The highest BCUT2D eigenvalue weighted by Crippen LogP contribution is 2.31. The van der Waals surface area contributed by atoms with Crippen molar-refractivity contribution in [2.45, 2.75) is 44.1 Å². The first-order valence-electron chi connectivity index (χ1n) is 10.7. The van der Waals surface area contributed by atoms with E-state index >= 15 is 0 Å². The number of hydrogen-bond donors (Lipinski definition) is 3. The minimum Gasteiger partial charge on any atom is -0.497 e. The molecule has 2 aromatic rings. The number of methoxy groups -OCH3 is 2. The molecule has 0 radical (unpaired) electrons. The number of anilines is 2. The van der Waals surface area contributed by atoms with Gasteiger partial charge >= 0.3 is 0 Å². The van der Waals surface area contributed by atoms with Crippen LogP contribution >= 0.6 is 0 Å². The Morgan fingerprint density at radius 2 is 1.32 bits per heavy atom. The number of amides is 2. The standard InChI is InChI=1S/C24H31N3O4/c1-30-20-11-7-18(8-12-20)26-22(28)17-25-23(29)24(15-5-3-4-6-16-24)27-19-9-13-21(31-2)14-10-19/h7-14,27H,3-6,15-17H2,1-2H3,(H,25,29)(H,26,28). The van der Waals surface area contributed by atoms with Crippen LogP contribution in [0.4, 0.5) is 11.4 Å². The molecule has 1 saturated carbocycles. The van der Waals surface area contributed by atoms with Crippen molar-refractivity contribution in [1.82, 2.24) is 5.32 Å². The van der Waals surface area contributed by atoms with Gasteiger partial charge in [-0.1, -0.05) is 25.7 Å². The topological polar surface area (TPSA) is 88.7 Å². The van der Waals surface area contributed by atoms with Crippen molar-refractivity contribution in [2.75, 3.05) is 31.4 Å². The number of ether oxygens (including phenoxy) is 2. The van der Waals surface area contributed by atoms with Gasteiger partial charge in [0.1, 0.15) is 17.0 Å². The second kappa shape index (κ2) is 10.7. The molecule has 1 aliphatic carbocycles. The zero-order valence-electron chi connectivity index (χ0n) is 18.2. The first-order chi connectivity index (χ1) is 15.0. The molecule has 0 spiro atoms. The normalized spacial score (nSPS) is 15.3. The van der Waals surface area contributed by atoms with E-state index in [1.165, 1.54) is 0 Å². The minimum absolute atomic E-state index is 0.0864. The molecule has 2 aromatic carbocycles. The fourth-order valence-electron chi connectivity index (χ4n) is 3.90. The number of carbonyl (C=O) groups excluding carboxylic acids is 2. The molecular weight excluding hydrogens is 394 g/mol. The number of hydrogen-bond acceptors (Lipinski definition) is 5. The monoisotopic (exact) mass is 425 g/mol. The van der Waals surface area contributed by atoms with Gasteiger partial charge in [0, 0.05) is 11.4 Å². The molecule has 0 heterocycles. The van der Waals surface area contributed by atoms with Crippen molar-refractivity contribution in [3.8, 4) is 11.5 Å². The molecule has 0 bridgehead atoms. The van der Waals surface area contributed by atoms with Crippen LogP contribution in [0.2, 0.25) is 0 Å². The Morgan fingerprint density at radius 3 is 1.84 bits per heavy atom. The van der Waals surface area contributed by atoms with E-state index in [0.717, 1.165) is 50.0 Å². The minimum atomic E-state index is -0.731. The second-order valence-electron chi connectivity index (χ2n) is 7.81. The SMILES string of the molecule is COc1ccc(NC(=O)CNC(=O)C2(Nc3ccc(OC)cc3)CCCCCC2)cc1. The van der Waals surface area contributed by atoms with Crippen LogP contribution in [0.5, 0.6) is 11.5 Å². The third-order valence-electron chi connectivity index (χ3n) is 5.65. The molecule has 7 nitrogen and oxygen atoms in total. The molecule has 0 aromatic heterocycles. The average molecular weight is 426 g/mol. The van der Waals surface area contributed by atoms with Gasteiger partial charge in [-0.2, -0.15) is 0 Å². The molecule has 0 unspecified atom stereocenters. The molecule has 166 valence electrons.